The second-order valence-corrected chi connectivity index (χ2v) is 7.66. The second kappa shape index (κ2) is 8.49. The topological polar surface area (TPSA) is 43.4 Å². The van der Waals surface area contributed by atoms with Gasteiger partial charge in [-0.1, -0.05) is 49.6 Å². The van der Waals surface area contributed by atoms with E-state index in [0.717, 1.165) is 12.8 Å². The van der Waals surface area contributed by atoms with Crippen molar-refractivity contribution in [2.45, 2.75) is 50.9 Å². The van der Waals surface area contributed by atoms with Crippen LogP contribution >= 0.6 is 0 Å². The third kappa shape index (κ3) is 5.25. The van der Waals surface area contributed by atoms with Crippen molar-refractivity contribution in [3.05, 3.63) is 48.0 Å². The van der Waals surface area contributed by atoms with Gasteiger partial charge in [-0.15, -0.1) is 6.58 Å². The van der Waals surface area contributed by atoms with Crippen LogP contribution in [-0.4, -0.2) is 20.8 Å². The lowest BCUT2D eigenvalue weighted by Crippen LogP contribution is -2.11. The third-order valence-electron chi connectivity index (χ3n) is 4.28. The zero-order chi connectivity index (χ0) is 15.8. The van der Waals surface area contributed by atoms with Gasteiger partial charge in [0.1, 0.15) is 0 Å². The van der Waals surface area contributed by atoms with E-state index in [1.54, 1.807) is 0 Å². The number of rotatable bonds is 8. The average molecular weight is 322 g/mol. The zero-order valence-corrected chi connectivity index (χ0v) is 14.0. The van der Waals surface area contributed by atoms with Crippen LogP contribution in [0.3, 0.4) is 0 Å². The molecular weight excluding hydrogens is 296 g/mol. The first-order valence-electron chi connectivity index (χ1n) is 8.18. The summed E-state index contributed by atoms with van der Waals surface area (Å²) in [6, 6.07) is 8.58. The fourth-order valence-electron chi connectivity index (χ4n) is 3.21. The predicted molar refractivity (Wildman–Crippen MR) is 90.5 cm³/mol. The summed E-state index contributed by atoms with van der Waals surface area (Å²) in [5.41, 5.74) is 2.80. The fraction of sp³-hybridized carbons (Fsp3) is 0.556. The fourth-order valence-corrected chi connectivity index (χ4v) is 3.97. The molecule has 1 aliphatic carbocycles. The summed E-state index contributed by atoms with van der Waals surface area (Å²) in [7, 11) is -3.43. The molecule has 1 saturated carbocycles. The minimum atomic E-state index is -3.43. The van der Waals surface area contributed by atoms with Crippen LogP contribution in [0.15, 0.2) is 36.9 Å². The Labute approximate surface area is 134 Å². The van der Waals surface area contributed by atoms with Gasteiger partial charge >= 0.3 is 0 Å². The second-order valence-electron chi connectivity index (χ2n) is 5.97. The van der Waals surface area contributed by atoms with Crippen LogP contribution in [-0.2, 0) is 20.7 Å². The summed E-state index contributed by atoms with van der Waals surface area (Å²) in [6.07, 6.45) is 9.50. The number of hydrogen-bond donors (Lipinski definition) is 0. The SMILES string of the molecule is C=CCS(=O)(=O)OCCCc1ccccc1C1CCCCC1. The highest BCUT2D eigenvalue weighted by Gasteiger charge is 2.18. The normalized spacial score (nSPS) is 16.5. The molecule has 0 aromatic heterocycles. The van der Waals surface area contributed by atoms with Gasteiger partial charge in [-0.2, -0.15) is 8.42 Å². The molecule has 22 heavy (non-hydrogen) atoms. The summed E-state index contributed by atoms with van der Waals surface area (Å²) in [4.78, 5) is 0. The van der Waals surface area contributed by atoms with Crippen LogP contribution in [0, 0.1) is 0 Å². The third-order valence-corrected chi connectivity index (χ3v) is 5.45. The number of hydrogen-bond acceptors (Lipinski definition) is 3. The molecule has 0 unspecified atom stereocenters. The van der Waals surface area contributed by atoms with Crippen LogP contribution < -0.4 is 0 Å². The summed E-state index contributed by atoms with van der Waals surface area (Å²) >= 11 is 0. The maximum atomic E-state index is 11.5. The summed E-state index contributed by atoms with van der Waals surface area (Å²) in [6.45, 7) is 3.67. The Hall–Kier alpha value is -1.13. The molecular formula is C18H26O3S. The van der Waals surface area contributed by atoms with Gasteiger partial charge in [0.15, 0.2) is 0 Å². The van der Waals surface area contributed by atoms with Crippen molar-refractivity contribution < 1.29 is 12.6 Å². The molecule has 0 amide bonds. The Balaban J connectivity index is 1.89. The largest absolute Gasteiger partial charge is 0.270 e. The molecule has 1 aromatic rings. The lowest BCUT2D eigenvalue weighted by Gasteiger charge is -2.24. The molecule has 0 N–H and O–H groups in total. The highest BCUT2D eigenvalue weighted by atomic mass is 32.2. The van der Waals surface area contributed by atoms with Crippen LogP contribution in [0.1, 0.15) is 55.6 Å². The lowest BCUT2D eigenvalue weighted by molar-refractivity contribution is 0.313. The molecule has 1 aromatic carbocycles. The molecule has 122 valence electrons. The molecule has 2 rings (SSSR count). The Morgan fingerprint density at radius 3 is 2.64 bits per heavy atom. The maximum Gasteiger partial charge on any atom is 0.270 e. The summed E-state index contributed by atoms with van der Waals surface area (Å²) in [5.74, 6) is 0.557. The van der Waals surface area contributed by atoms with Gasteiger partial charge in [0.2, 0.25) is 0 Å². The predicted octanol–water partition coefficient (Wildman–Crippen LogP) is 4.20. The Morgan fingerprint density at radius 2 is 1.91 bits per heavy atom. The van der Waals surface area contributed by atoms with Crippen molar-refractivity contribution in [1.82, 2.24) is 0 Å². The van der Waals surface area contributed by atoms with Gasteiger partial charge in [0.25, 0.3) is 10.1 Å². The standard InChI is InChI=1S/C18H26O3S/c1-2-15-22(19,20)21-14-8-12-17-11-6-7-13-18(17)16-9-4-3-5-10-16/h2,6-7,11,13,16H,1,3-5,8-10,12,14-15H2. The molecule has 3 nitrogen and oxygen atoms in total. The van der Waals surface area contributed by atoms with Crippen molar-refractivity contribution in [3.63, 3.8) is 0 Å². The number of aryl methyl sites for hydroxylation is 1. The minimum Gasteiger partial charge on any atom is -0.270 e. The number of benzene rings is 1. The first-order chi connectivity index (χ1) is 10.6. The van der Waals surface area contributed by atoms with Crippen molar-refractivity contribution in [2.75, 3.05) is 12.4 Å². The van der Waals surface area contributed by atoms with E-state index in [-0.39, 0.29) is 12.4 Å². The van der Waals surface area contributed by atoms with E-state index >= 15 is 0 Å². The Kier molecular flexibility index (Phi) is 6.65. The molecule has 0 heterocycles. The monoisotopic (exact) mass is 322 g/mol. The molecule has 1 aliphatic rings. The van der Waals surface area contributed by atoms with Crippen LogP contribution in [0.5, 0.6) is 0 Å². The van der Waals surface area contributed by atoms with E-state index in [1.807, 2.05) is 0 Å². The van der Waals surface area contributed by atoms with Gasteiger partial charge < -0.3 is 0 Å². The van der Waals surface area contributed by atoms with Gasteiger partial charge in [-0.05, 0) is 42.7 Å². The molecule has 0 spiro atoms. The molecule has 0 radical (unpaired) electrons. The quantitative estimate of drug-likeness (QED) is 0.409. The van der Waals surface area contributed by atoms with E-state index in [1.165, 1.54) is 49.3 Å². The highest BCUT2D eigenvalue weighted by molar-refractivity contribution is 7.86. The molecule has 0 saturated heterocycles. The van der Waals surface area contributed by atoms with E-state index in [9.17, 15) is 8.42 Å². The Morgan fingerprint density at radius 1 is 1.18 bits per heavy atom. The van der Waals surface area contributed by atoms with Gasteiger partial charge in [0.05, 0.1) is 12.4 Å². The summed E-state index contributed by atoms with van der Waals surface area (Å²) in [5, 5.41) is 0. The van der Waals surface area contributed by atoms with Gasteiger partial charge in [-0.25, -0.2) is 0 Å². The van der Waals surface area contributed by atoms with E-state index < -0.39 is 10.1 Å². The van der Waals surface area contributed by atoms with Gasteiger partial charge in [-0.3, -0.25) is 4.18 Å². The van der Waals surface area contributed by atoms with Crippen molar-refractivity contribution in [2.24, 2.45) is 0 Å². The van der Waals surface area contributed by atoms with Crippen molar-refractivity contribution in [3.8, 4) is 0 Å². The van der Waals surface area contributed by atoms with Crippen LogP contribution in [0.2, 0.25) is 0 Å². The molecule has 4 heteroatoms. The van der Waals surface area contributed by atoms with Crippen molar-refractivity contribution in [1.29, 1.82) is 0 Å². The highest BCUT2D eigenvalue weighted by Crippen LogP contribution is 2.34. The minimum absolute atomic E-state index is 0.119. The van der Waals surface area contributed by atoms with Crippen molar-refractivity contribution >= 4 is 10.1 Å². The van der Waals surface area contributed by atoms with Crippen LogP contribution in [0.25, 0.3) is 0 Å². The maximum absolute atomic E-state index is 11.5. The Bertz CT molecular complexity index is 572. The summed E-state index contributed by atoms with van der Waals surface area (Å²) < 4.78 is 27.9. The molecule has 0 atom stereocenters. The van der Waals surface area contributed by atoms with E-state index in [2.05, 4.69) is 30.8 Å². The smallest absolute Gasteiger partial charge is 0.270 e. The first-order valence-corrected chi connectivity index (χ1v) is 9.76. The van der Waals surface area contributed by atoms with E-state index in [0.29, 0.717) is 5.92 Å². The zero-order valence-electron chi connectivity index (χ0n) is 13.2. The first kappa shape index (κ1) is 17.2. The molecule has 1 fully saturated rings. The molecule has 0 bridgehead atoms. The van der Waals surface area contributed by atoms with E-state index in [4.69, 9.17) is 4.18 Å². The average Bonchev–Trinajstić information content (AvgIpc) is 2.53. The van der Waals surface area contributed by atoms with Crippen LogP contribution in [0.4, 0.5) is 0 Å². The molecule has 0 aliphatic heterocycles. The lowest BCUT2D eigenvalue weighted by atomic mass is 9.81. The van der Waals surface area contributed by atoms with Gasteiger partial charge in [0, 0.05) is 0 Å².